The first-order chi connectivity index (χ1) is 7.20. The maximum absolute atomic E-state index is 11.4. The van der Waals surface area contributed by atoms with Crippen molar-refractivity contribution in [2.45, 2.75) is 19.9 Å². The summed E-state index contributed by atoms with van der Waals surface area (Å²) in [4.78, 5) is 13.2. The first-order valence-electron chi connectivity index (χ1n) is 5.25. The Balaban J connectivity index is 2.12. The molecule has 1 N–H and O–H groups in total. The van der Waals surface area contributed by atoms with Gasteiger partial charge >= 0.3 is 6.03 Å². The highest BCUT2D eigenvalue weighted by Gasteiger charge is 2.21. The number of nitrogens with zero attached hydrogens (tertiary/aromatic N) is 3. The molecule has 1 saturated heterocycles. The number of aryl methyl sites for hydroxylation is 2. The zero-order valence-corrected chi connectivity index (χ0v) is 9.16. The lowest BCUT2D eigenvalue weighted by Gasteiger charge is -2.13. The molecule has 2 heterocycles. The van der Waals surface area contributed by atoms with Crippen LogP contribution in [0.25, 0.3) is 0 Å². The molecule has 0 radical (unpaired) electrons. The number of aromatic nitrogens is 2. The van der Waals surface area contributed by atoms with Crippen LogP contribution in [0.3, 0.4) is 0 Å². The van der Waals surface area contributed by atoms with Gasteiger partial charge in [-0.1, -0.05) is 6.92 Å². The Bertz CT molecular complexity index is 371. The summed E-state index contributed by atoms with van der Waals surface area (Å²) in [5.74, 6) is 0. The van der Waals surface area contributed by atoms with Crippen molar-refractivity contribution in [1.29, 1.82) is 0 Å². The average Bonchev–Trinajstić information content (AvgIpc) is 2.75. The minimum atomic E-state index is 0.0286. The molecule has 82 valence electrons. The largest absolute Gasteiger partial charge is 0.336 e. The van der Waals surface area contributed by atoms with Crippen LogP contribution in [0.5, 0.6) is 0 Å². The number of nitrogens with one attached hydrogen (secondary N) is 1. The lowest BCUT2D eigenvalue weighted by atomic mass is 10.2. The molecule has 0 unspecified atom stereocenters. The maximum Gasteiger partial charge on any atom is 0.317 e. The summed E-state index contributed by atoms with van der Waals surface area (Å²) in [7, 11) is 1.91. The number of urea groups is 1. The first-order valence-corrected chi connectivity index (χ1v) is 5.25. The molecule has 1 aromatic heterocycles. The second kappa shape index (κ2) is 3.92. The zero-order valence-electron chi connectivity index (χ0n) is 9.16. The van der Waals surface area contributed by atoms with E-state index in [1.165, 1.54) is 0 Å². The Kier molecular flexibility index (Phi) is 2.62. The normalized spacial score (nSPS) is 15.9. The second-order valence-electron chi connectivity index (χ2n) is 3.78. The van der Waals surface area contributed by atoms with Crippen molar-refractivity contribution in [2.75, 3.05) is 13.1 Å². The van der Waals surface area contributed by atoms with E-state index in [-0.39, 0.29) is 6.03 Å². The van der Waals surface area contributed by atoms with Gasteiger partial charge in [0.1, 0.15) is 0 Å². The van der Waals surface area contributed by atoms with Crippen molar-refractivity contribution >= 4 is 6.03 Å². The summed E-state index contributed by atoms with van der Waals surface area (Å²) < 4.78 is 1.81. The van der Waals surface area contributed by atoms with Crippen molar-refractivity contribution in [2.24, 2.45) is 7.05 Å². The maximum atomic E-state index is 11.4. The summed E-state index contributed by atoms with van der Waals surface area (Å²) in [6, 6.07) is 0.0286. The van der Waals surface area contributed by atoms with Gasteiger partial charge in [-0.05, 0) is 6.42 Å². The number of hydrogen-bond donors (Lipinski definition) is 1. The molecule has 2 rings (SSSR count). The van der Waals surface area contributed by atoms with Crippen LogP contribution in [0.4, 0.5) is 4.79 Å². The molecule has 0 aliphatic carbocycles. The van der Waals surface area contributed by atoms with Crippen LogP contribution in [0.15, 0.2) is 6.20 Å². The molecule has 0 saturated carbocycles. The molecule has 1 aliphatic rings. The summed E-state index contributed by atoms with van der Waals surface area (Å²) >= 11 is 0. The van der Waals surface area contributed by atoms with Crippen LogP contribution in [0.1, 0.15) is 18.2 Å². The molecule has 0 aromatic carbocycles. The average molecular weight is 208 g/mol. The quantitative estimate of drug-likeness (QED) is 0.786. The van der Waals surface area contributed by atoms with Gasteiger partial charge in [-0.25, -0.2) is 4.79 Å². The summed E-state index contributed by atoms with van der Waals surface area (Å²) in [6.07, 6.45) is 2.90. The SMILES string of the molecule is CCc1nn(C)cc1CN1CCNC1=O. The van der Waals surface area contributed by atoms with Gasteiger partial charge in [0.25, 0.3) is 0 Å². The first kappa shape index (κ1) is 10.0. The van der Waals surface area contributed by atoms with Gasteiger partial charge in [0.15, 0.2) is 0 Å². The topological polar surface area (TPSA) is 50.2 Å². The van der Waals surface area contributed by atoms with Crippen molar-refractivity contribution in [3.05, 3.63) is 17.5 Å². The number of hydrogen-bond acceptors (Lipinski definition) is 2. The minimum absolute atomic E-state index is 0.0286. The fourth-order valence-electron chi connectivity index (χ4n) is 1.88. The molecule has 0 spiro atoms. The number of carbonyl (C=O) groups is 1. The molecule has 1 aromatic rings. The van der Waals surface area contributed by atoms with E-state index < -0.39 is 0 Å². The highest BCUT2D eigenvalue weighted by atomic mass is 16.2. The van der Waals surface area contributed by atoms with Gasteiger partial charge < -0.3 is 10.2 Å². The zero-order chi connectivity index (χ0) is 10.8. The van der Waals surface area contributed by atoms with Gasteiger partial charge in [-0.3, -0.25) is 4.68 Å². The molecular formula is C10H16N4O. The van der Waals surface area contributed by atoms with Crippen molar-refractivity contribution in [1.82, 2.24) is 20.0 Å². The van der Waals surface area contributed by atoms with Crippen LogP contribution in [-0.4, -0.2) is 33.8 Å². The van der Waals surface area contributed by atoms with E-state index in [1.54, 1.807) is 0 Å². The van der Waals surface area contributed by atoms with E-state index >= 15 is 0 Å². The number of carbonyl (C=O) groups excluding carboxylic acids is 1. The molecule has 0 atom stereocenters. The molecule has 5 heteroatoms. The van der Waals surface area contributed by atoms with E-state index in [0.717, 1.165) is 30.8 Å². The van der Waals surface area contributed by atoms with Crippen LogP contribution in [0, 0.1) is 0 Å². The van der Waals surface area contributed by atoms with Crippen molar-refractivity contribution < 1.29 is 4.79 Å². The van der Waals surface area contributed by atoms with E-state index in [9.17, 15) is 4.79 Å². The number of amides is 2. The molecule has 1 aliphatic heterocycles. The minimum Gasteiger partial charge on any atom is -0.336 e. The monoisotopic (exact) mass is 208 g/mol. The number of rotatable bonds is 3. The molecule has 2 amide bonds. The van der Waals surface area contributed by atoms with Gasteiger partial charge in [0.05, 0.1) is 12.2 Å². The Morgan fingerprint density at radius 2 is 2.40 bits per heavy atom. The summed E-state index contributed by atoms with van der Waals surface area (Å²) in [6.45, 7) is 4.29. The lowest BCUT2D eigenvalue weighted by Crippen LogP contribution is -2.27. The third-order valence-corrected chi connectivity index (χ3v) is 2.63. The van der Waals surface area contributed by atoms with E-state index in [0.29, 0.717) is 6.54 Å². The Morgan fingerprint density at radius 1 is 1.60 bits per heavy atom. The standard InChI is InChI=1S/C10H16N4O/c1-3-9-8(6-13(2)12-9)7-14-5-4-11-10(14)15/h6H,3-5,7H2,1-2H3,(H,11,15). The molecule has 15 heavy (non-hydrogen) atoms. The molecule has 0 bridgehead atoms. The summed E-state index contributed by atoms with van der Waals surface area (Å²) in [5, 5.41) is 7.15. The van der Waals surface area contributed by atoms with Crippen molar-refractivity contribution in [3.8, 4) is 0 Å². The lowest BCUT2D eigenvalue weighted by molar-refractivity contribution is 0.215. The van der Waals surface area contributed by atoms with E-state index in [2.05, 4.69) is 17.3 Å². The van der Waals surface area contributed by atoms with Gasteiger partial charge in [-0.2, -0.15) is 5.10 Å². The Labute approximate surface area is 89.1 Å². The Hall–Kier alpha value is -1.52. The van der Waals surface area contributed by atoms with E-state index in [1.807, 2.05) is 22.8 Å². The molecule has 5 nitrogen and oxygen atoms in total. The van der Waals surface area contributed by atoms with Crippen LogP contribution in [-0.2, 0) is 20.0 Å². The predicted octanol–water partition coefficient (Wildman–Crippen LogP) is 0.508. The van der Waals surface area contributed by atoms with Gasteiger partial charge in [0.2, 0.25) is 0 Å². The third kappa shape index (κ3) is 1.95. The smallest absolute Gasteiger partial charge is 0.317 e. The van der Waals surface area contributed by atoms with E-state index in [4.69, 9.17) is 0 Å². The van der Waals surface area contributed by atoms with Gasteiger partial charge in [0, 0.05) is 31.9 Å². The third-order valence-electron chi connectivity index (χ3n) is 2.63. The van der Waals surface area contributed by atoms with Gasteiger partial charge in [-0.15, -0.1) is 0 Å². The Morgan fingerprint density at radius 3 is 3.00 bits per heavy atom. The summed E-state index contributed by atoms with van der Waals surface area (Å²) in [5.41, 5.74) is 2.23. The fraction of sp³-hybridized carbons (Fsp3) is 0.600. The predicted molar refractivity (Wildman–Crippen MR) is 56.4 cm³/mol. The molecular weight excluding hydrogens is 192 g/mol. The van der Waals surface area contributed by atoms with Crippen LogP contribution >= 0.6 is 0 Å². The van der Waals surface area contributed by atoms with Crippen LogP contribution in [0.2, 0.25) is 0 Å². The highest BCUT2D eigenvalue weighted by Crippen LogP contribution is 2.12. The van der Waals surface area contributed by atoms with Crippen LogP contribution < -0.4 is 5.32 Å². The highest BCUT2D eigenvalue weighted by molar-refractivity contribution is 5.76. The second-order valence-corrected chi connectivity index (χ2v) is 3.78. The fourth-order valence-corrected chi connectivity index (χ4v) is 1.88. The molecule has 1 fully saturated rings. The van der Waals surface area contributed by atoms with Crippen molar-refractivity contribution in [3.63, 3.8) is 0 Å².